The quantitative estimate of drug-likeness (QED) is 0.645. The number of hydrogen-bond donors (Lipinski definition) is 3. The number of aliphatic imine (C=N–C) groups is 1. The molecule has 5 atom stereocenters. The molecule has 1 saturated carbocycles. The van der Waals surface area contributed by atoms with Gasteiger partial charge in [-0.15, -0.1) is 0 Å². The zero-order chi connectivity index (χ0) is 21.2. The Morgan fingerprint density at radius 2 is 2.00 bits per heavy atom. The van der Waals surface area contributed by atoms with Gasteiger partial charge in [-0.05, 0) is 60.7 Å². The summed E-state index contributed by atoms with van der Waals surface area (Å²) < 4.78 is 20.2. The highest BCUT2D eigenvalue weighted by Gasteiger charge is 2.60. The number of fused-ring (bicyclic) bond motifs is 4. The molecule has 0 amide bonds. The SMILES string of the molecule is CN1C(N)=N[C@]2(c3cc(-c4cc(F)cc(Cl)c4)ccc3OC3CCC(O)CC32)C1O. The van der Waals surface area contributed by atoms with Gasteiger partial charge in [0.15, 0.2) is 12.2 Å². The molecule has 158 valence electrons. The zero-order valence-corrected chi connectivity index (χ0v) is 17.2. The second kappa shape index (κ2) is 6.83. The van der Waals surface area contributed by atoms with E-state index in [2.05, 4.69) is 0 Å². The second-order valence-electron chi connectivity index (χ2n) is 8.38. The second-order valence-corrected chi connectivity index (χ2v) is 8.82. The average Bonchev–Trinajstić information content (AvgIpc) is 2.93. The Morgan fingerprint density at radius 3 is 2.70 bits per heavy atom. The lowest BCUT2D eigenvalue weighted by Crippen LogP contribution is -2.57. The molecule has 6 nitrogen and oxygen atoms in total. The van der Waals surface area contributed by atoms with Crippen molar-refractivity contribution in [1.82, 2.24) is 4.90 Å². The first-order valence-electron chi connectivity index (χ1n) is 10.0. The predicted octanol–water partition coefficient (Wildman–Crippen LogP) is 2.84. The van der Waals surface area contributed by atoms with Crippen molar-refractivity contribution in [2.45, 2.75) is 43.2 Å². The number of nitrogens with zero attached hydrogens (tertiary/aromatic N) is 2. The molecule has 0 bridgehead atoms. The van der Waals surface area contributed by atoms with Crippen LogP contribution >= 0.6 is 11.6 Å². The Balaban J connectivity index is 1.71. The summed E-state index contributed by atoms with van der Waals surface area (Å²) in [7, 11) is 1.69. The minimum atomic E-state index is -1.08. The number of ether oxygens (including phenoxy) is 1. The van der Waals surface area contributed by atoms with Crippen LogP contribution < -0.4 is 10.5 Å². The molecule has 0 radical (unpaired) electrons. The average molecular weight is 432 g/mol. The van der Waals surface area contributed by atoms with Gasteiger partial charge in [0.05, 0.1) is 6.10 Å². The molecule has 2 aliphatic heterocycles. The molecule has 4 unspecified atom stereocenters. The van der Waals surface area contributed by atoms with Crippen LogP contribution in [0, 0.1) is 11.7 Å². The Morgan fingerprint density at radius 1 is 1.20 bits per heavy atom. The van der Waals surface area contributed by atoms with Crippen LogP contribution in [-0.2, 0) is 5.54 Å². The maximum atomic E-state index is 14.0. The minimum absolute atomic E-state index is 0.187. The standard InChI is InChI=1S/C22H23ClFN3O3/c1-27-20(29)22(26-21(27)25)16-8-11(12-6-13(23)9-14(24)7-12)2-4-18(16)30-19-5-3-15(28)10-17(19)22/h2,4,6-9,15,17,19-20,28-29H,3,5,10H2,1H3,(H2,25,26)/t15?,17?,19?,20?,22-/m0/s1. The van der Waals surface area contributed by atoms with E-state index in [1.165, 1.54) is 12.1 Å². The first kappa shape index (κ1) is 19.6. The van der Waals surface area contributed by atoms with Gasteiger partial charge >= 0.3 is 0 Å². The highest BCUT2D eigenvalue weighted by atomic mass is 35.5. The number of nitrogens with two attached hydrogens (primary N) is 1. The third-order valence-electron chi connectivity index (χ3n) is 6.63. The van der Waals surface area contributed by atoms with Gasteiger partial charge in [-0.3, -0.25) is 0 Å². The fourth-order valence-corrected chi connectivity index (χ4v) is 5.38. The summed E-state index contributed by atoms with van der Waals surface area (Å²) in [5.74, 6) is 0.163. The van der Waals surface area contributed by atoms with E-state index in [4.69, 9.17) is 27.1 Å². The van der Waals surface area contributed by atoms with E-state index < -0.39 is 23.7 Å². The fourth-order valence-electron chi connectivity index (χ4n) is 5.15. The van der Waals surface area contributed by atoms with Crippen molar-refractivity contribution in [1.29, 1.82) is 0 Å². The third-order valence-corrected chi connectivity index (χ3v) is 6.85. The number of benzene rings is 2. The van der Waals surface area contributed by atoms with Gasteiger partial charge in [0.25, 0.3) is 0 Å². The fraction of sp³-hybridized carbons (Fsp3) is 0.409. The topological polar surface area (TPSA) is 91.3 Å². The largest absolute Gasteiger partial charge is 0.490 e. The van der Waals surface area contributed by atoms with E-state index >= 15 is 0 Å². The number of guanidine groups is 1. The normalized spacial score (nSPS) is 32.4. The van der Waals surface area contributed by atoms with Gasteiger partial charge in [0, 0.05) is 23.6 Å². The Labute approximate surface area is 178 Å². The van der Waals surface area contributed by atoms with Crippen LogP contribution in [0.3, 0.4) is 0 Å². The molecule has 1 fully saturated rings. The molecule has 8 heteroatoms. The Bertz CT molecular complexity index is 1030. The molecular weight excluding hydrogens is 409 g/mol. The molecule has 0 aromatic heterocycles. The summed E-state index contributed by atoms with van der Waals surface area (Å²) in [6.45, 7) is 0. The van der Waals surface area contributed by atoms with E-state index in [9.17, 15) is 14.6 Å². The van der Waals surface area contributed by atoms with E-state index in [-0.39, 0.29) is 18.0 Å². The summed E-state index contributed by atoms with van der Waals surface area (Å²) in [6.07, 6.45) is 0.0601. The molecule has 3 aliphatic rings. The van der Waals surface area contributed by atoms with Crippen molar-refractivity contribution in [2.75, 3.05) is 7.05 Å². The lowest BCUT2D eigenvalue weighted by molar-refractivity contribution is -0.0900. The number of likely N-dealkylation sites (N-methyl/N-ethyl adjacent to an activating group) is 1. The van der Waals surface area contributed by atoms with Gasteiger partial charge in [-0.1, -0.05) is 17.7 Å². The van der Waals surface area contributed by atoms with Gasteiger partial charge in [-0.2, -0.15) is 0 Å². The van der Waals surface area contributed by atoms with Crippen molar-refractivity contribution in [2.24, 2.45) is 16.6 Å². The van der Waals surface area contributed by atoms with E-state index in [0.29, 0.717) is 41.2 Å². The highest BCUT2D eigenvalue weighted by Crippen LogP contribution is 2.55. The number of rotatable bonds is 1. The molecule has 0 saturated heterocycles. The smallest absolute Gasteiger partial charge is 0.194 e. The van der Waals surface area contributed by atoms with Crippen molar-refractivity contribution in [3.63, 3.8) is 0 Å². The molecule has 1 aliphatic carbocycles. The van der Waals surface area contributed by atoms with Crippen LogP contribution in [0.2, 0.25) is 5.02 Å². The minimum Gasteiger partial charge on any atom is -0.490 e. The summed E-state index contributed by atoms with van der Waals surface area (Å²) in [6, 6.07) is 9.87. The van der Waals surface area contributed by atoms with Crippen molar-refractivity contribution >= 4 is 17.6 Å². The van der Waals surface area contributed by atoms with Crippen LogP contribution in [0.4, 0.5) is 4.39 Å². The molecule has 1 spiro atoms. The van der Waals surface area contributed by atoms with Gasteiger partial charge in [0.2, 0.25) is 0 Å². The molecule has 30 heavy (non-hydrogen) atoms. The van der Waals surface area contributed by atoms with Crippen LogP contribution in [0.15, 0.2) is 41.4 Å². The van der Waals surface area contributed by atoms with Gasteiger partial charge < -0.3 is 25.6 Å². The molecular formula is C22H23ClFN3O3. The molecule has 4 N–H and O–H groups in total. The van der Waals surface area contributed by atoms with Crippen LogP contribution in [0.1, 0.15) is 24.8 Å². The van der Waals surface area contributed by atoms with Crippen molar-refractivity contribution < 1.29 is 19.3 Å². The number of aliphatic hydroxyl groups is 2. The molecule has 2 aromatic carbocycles. The summed E-state index contributed by atoms with van der Waals surface area (Å²) in [4.78, 5) is 6.29. The monoisotopic (exact) mass is 431 g/mol. The first-order valence-corrected chi connectivity index (χ1v) is 10.4. The predicted molar refractivity (Wildman–Crippen MR) is 112 cm³/mol. The molecule has 2 aromatic rings. The van der Waals surface area contributed by atoms with Crippen LogP contribution in [0.25, 0.3) is 11.1 Å². The number of aliphatic hydroxyl groups excluding tert-OH is 2. The van der Waals surface area contributed by atoms with Crippen molar-refractivity contribution in [3.8, 4) is 16.9 Å². The molecule has 5 rings (SSSR count). The number of halogens is 2. The summed E-state index contributed by atoms with van der Waals surface area (Å²) >= 11 is 6.06. The third kappa shape index (κ3) is 2.80. The number of hydrogen-bond acceptors (Lipinski definition) is 6. The van der Waals surface area contributed by atoms with Crippen LogP contribution in [-0.4, -0.2) is 46.6 Å². The van der Waals surface area contributed by atoms with Crippen molar-refractivity contribution in [3.05, 3.63) is 52.8 Å². The van der Waals surface area contributed by atoms with Gasteiger partial charge in [0.1, 0.15) is 23.2 Å². The van der Waals surface area contributed by atoms with E-state index in [0.717, 1.165) is 5.56 Å². The zero-order valence-electron chi connectivity index (χ0n) is 16.4. The Kier molecular flexibility index (Phi) is 4.47. The lowest BCUT2D eigenvalue weighted by Gasteiger charge is -2.49. The van der Waals surface area contributed by atoms with E-state index in [1.807, 2.05) is 18.2 Å². The lowest BCUT2D eigenvalue weighted by atomic mass is 9.66. The maximum absolute atomic E-state index is 14.0. The summed E-state index contributed by atoms with van der Waals surface area (Å²) in [5.41, 5.74) is 7.06. The highest BCUT2D eigenvalue weighted by molar-refractivity contribution is 6.30. The van der Waals surface area contributed by atoms with E-state index in [1.54, 1.807) is 18.0 Å². The maximum Gasteiger partial charge on any atom is 0.194 e. The Hall–Kier alpha value is -2.35. The summed E-state index contributed by atoms with van der Waals surface area (Å²) in [5, 5.41) is 21.9. The van der Waals surface area contributed by atoms with Crippen LogP contribution in [0.5, 0.6) is 5.75 Å². The van der Waals surface area contributed by atoms with Gasteiger partial charge in [-0.25, -0.2) is 9.38 Å². The first-order chi connectivity index (χ1) is 14.3. The molecule has 2 heterocycles.